The number of benzene rings is 1. The van der Waals surface area contributed by atoms with Gasteiger partial charge in [-0.15, -0.1) is 0 Å². The van der Waals surface area contributed by atoms with Gasteiger partial charge in [0.05, 0.1) is 0 Å². The number of hydrogen-bond acceptors (Lipinski definition) is 1. The van der Waals surface area contributed by atoms with Gasteiger partial charge in [-0.2, -0.15) is 0 Å². The molecular weight excluding hydrogens is 179 g/mol. The van der Waals surface area contributed by atoms with Crippen LogP contribution < -0.4 is 0 Å². The third kappa shape index (κ3) is 2.00. The quantitative estimate of drug-likeness (QED) is 0.674. The average molecular weight is 194 g/mol. The number of hydrogen-bond donors (Lipinski definition) is 0. The molecule has 0 aliphatic heterocycles. The lowest BCUT2D eigenvalue weighted by atomic mass is 9.86. The molecule has 0 N–H and O–H groups in total. The van der Waals surface area contributed by atoms with Crippen molar-refractivity contribution in [1.82, 2.24) is 0 Å². The van der Waals surface area contributed by atoms with E-state index in [0.717, 1.165) is 6.29 Å². The highest BCUT2D eigenvalue weighted by Gasteiger charge is 2.29. The third-order valence-electron chi connectivity index (χ3n) is 2.67. The summed E-state index contributed by atoms with van der Waals surface area (Å²) in [5.41, 5.74) is -0.289. The molecule has 0 aliphatic carbocycles. The summed E-state index contributed by atoms with van der Waals surface area (Å²) in [6.45, 7) is 5.20. The molecule has 0 heterocycles. The Morgan fingerprint density at radius 3 is 2.57 bits per heavy atom. The van der Waals surface area contributed by atoms with Crippen molar-refractivity contribution in [2.75, 3.05) is 0 Å². The first-order chi connectivity index (χ1) is 6.48. The predicted molar refractivity (Wildman–Crippen MR) is 55.1 cm³/mol. The lowest BCUT2D eigenvalue weighted by Gasteiger charge is -2.25. The molecule has 0 aromatic heterocycles. The van der Waals surface area contributed by atoms with Gasteiger partial charge >= 0.3 is 0 Å². The molecule has 0 saturated carbocycles. The Hall–Kier alpha value is -1.18. The molecule has 0 radical (unpaired) electrons. The van der Waals surface area contributed by atoms with Gasteiger partial charge in [-0.1, -0.05) is 32.0 Å². The van der Waals surface area contributed by atoms with Crippen molar-refractivity contribution in [2.45, 2.75) is 26.4 Å². The van der Waals surface area contributed by atoms with Crippen molar-refractivity contribution >= 4 is 6.29 Å². The smallest absolute Gasteiger partial charge is 0.150 e. The van der Waals surface area contributed by atoms with Crippen molar-refractivity contribution in [3.63, 3.8) is 0 Å². The first kappa shape index (κ1) is 10.9. The summed E-state index contributed by atoms with van der Waals surface area (Å²) in [5.74, 6) is -0.107. The van der Waals surface area contributed by atoms with Gasteiger partial charge < -0.3 is 0 Å². The summed E-state index contributed by atoms with van der Waals surface area (Å²) in [6.07, 6.45) is 0.736. The fraction of sp³-hybridized carbons (Fsp3) is 0.417. The topological polar surface area (TPSA) is 17.1 Å². The molecule has 0 fully saturated rings. The monoisotopic (exact) mass is 194 g/mol. The maximum atomic E-state index is 14.1. The molecule has 1 unspecified atom stereocenters. The van der Waals surface area contributed by atoms with Crippen molar-refractivity contribution in [3.8, 4) is 0 Å². The second-order valence-corrected chi connectivity index (χ2v) is 3.97. The van der Waals surface area contributed by atoms with E-state index in [0.29, 0.717) is 11.1 Å². The molecule has 1 nitrogen and oxygen atoms in total. The molecule has 14 heavy (non-hydrogen) atoms. The Morgan fingerprint density at radius 2 is 2.07 bits per heavy atom. The van der Waals surface area contributed by atoms with Crippen LogP contribution in [0, 0.1) is 5.92 Å². The van der Waals surface area contributed by atoms with Crippen LogP contribution in [0.5, 0.6) is 0 Å². The largest absolute Gasteiger partial charge is 0.298 e. The second kappa shape index (κ2) is 3.91. The van der Waals surface area contributed by atoms with Crippen LogP contribution >= 0.6 is 0 Å². The van der Waals surface area contributed by atoms with Gasteiger partial charge in [-0.25, -0.2) is 4.39 Å². The van der Waals surface area contributed by atoms with E-state index in [4.69, 9.17) is 0 Å². The van der Waals surface area contributed by atoms with E-state index in [9.17, 15) is 9.18 Å². The van der Waals surface area contributed by atoms with Gasteiger partial charge in [0.2, 0.25) is 0 Å². The zero-order valence-electron chi connectivity index (χ0n) is 8.75. The molecule has 0 saturated heterocycles. The molecule has 0 spiro atoms. The minimum atomic E-state index is -1.38. The van der Waals surface area contributed by atoms with Crippen LogP contribution in [-0.2, 0) is 5.67 Å². The van der Waals surface area contributed by atoms with Crippen molar-refractivity contribution in [3.05, 3.63) is 35.4 Å². The predicted octanol–water partition coefficient (Wildman–Crippen LogP) is 3.34. The van der Waals surface area contributed by atoms with Crippen LogP contribution in [0.4, 0.5) is 4.39 Å². The lowest BCUT2D eigenvalue weighted by Crippen LogP contribution is -2.22. The molecule has 0 bridgehead atoms. The van der Waals surface area contributed by atoms with E-state index < -0.39 is 5.67 Å². The summed E-state index contributed by atoms with van der Waals surface area (Å²) in [7, 11) is 0. The van der Waals surface area contributed by atoms with Crippen LogP contribution in [0.15, 0.2) is 24.3 Å². The molecular formula is C12H15FO. The minimum absolute atomic E-state index is 0.107. The Kier molecular flexibility index (Phi) is 3.04. The fourth-order valence-corrected chi connectivity index (χ4v) is 1.25. The Labute approximate surface area is 83.9 Å². The molecule has 0 amide bonds. The van der Waals surface area contributed by atoms with E-state index in [2.05, 4.69) is 0 Å². The highest BCUT2D eigenvalue weighted by Crippen LogP contribution is 2.33. The molecule has 1 aromatic rings. The Bertz CT molecular complexity index is 329. The van der Waals surface area contributed by atoms with E-state index in [1.807, 2.05) is 13.8 Å². The summed E-state index contributed by atoms with van der Waals surface area (Å²) < 4.78 is 14.1. The highest BCUT2D eigenvalue weighted by molar-refractivity contribution is 5.75. The van der Waals surface area contributed by atoms with Gasteiger partial charge in [0.1, 0.15) is 12.0 Å². The van der Waals surface area contributed by atoms with Crippen LogP contribution in [0.1, 0.15) is 36.7 Å². The number of carbonyl (C=O) groups excluding carboxylic acids is 1. The van der Waals surface area contributed by atoms with Gasteiger partial charge in [0, 0.05) is 5.56 Å². The highest BCUT2D eigenvalue weighted by atomic mass is 19.1. The number of rotatable bonds is 3. The fourth-order valence-electron chi connectivity index (χ4n) is 1.25. The van der Waals surface area contributed by atoms with E-state index in [-0.39, 0.29) is 5.92 Å². The number of alkyl halides is 1. The van der Waals surface area contributed by atoms with Crippen molar-refractivity contribution < 1.29 is 9.18 Å². The first-order valence-corrected chi connectivity index (χ1v) is 4.73. The summed E-state index contributed by atoms with van der Waals surface area (Å²) in [6, 6.07) is 6.70. The van der Waals surface area contributed by atoms with E-state index in [1.54, 1.807) is 31.2 Å². The van der Waals surface area contributed by atoms with Crippen LogP contribution in [0.25, 0.3) is 0 Å². The molecule has 1 aromatic carbocycles. The third-order valence-corrected chi connectivity index (χ3v) is 2.67. The van der Waals surface area contributed by atoms with Gasteiger partial charge in [-0.3, -0.25) is 4.79 Å². The number of carbonyl (C=O) groups is 1. The van der Waals surface area contributed by atoms with Gasteiger partial charge in [0.15, 0.2) is 0 Å². The van der Waals surface area contributed by atoms with Gasteiger partial charge in [0.25, 0.3) is 0 Å². The maximum Gasteiger partial charge on any atom is 0.150 e. The second-order valence-electron chi connectivity index (χ2n) is 3.97. The summed E-state index contributed by atoms with van der Waals surface area (Å²) >= 11 is 0. The number of halogens is 1. The average Bonchev–Trinajstić information content (AvgIpc) is 2.17. The molecule has 1 rings (SSSR count). The first-order valence-electron chi connectivity index (χ1n) is 4.73. The van der Waals surface area contributed by atoms with Crippen LogP contribution in [0.3, 0.4) is 0 Å². The summed E-state index contributed by atoms with van der Waals surface area (Å²) in [4.78, 5) is 10.5. The number of aldehydes is 1. The zero-order valence-corrected chi connectivity index (χ0v) is 8.75. The Morgan fingerprint density at radius 1 is 1.43 bits per heavy atom. The molecule has 0 aliphatic rings. The standard InChI is InChI=1S/C12H15FO/c1-9(2)12(3,13)11-6-4-5-10(7-11)8-14/h4-9H,1-3H3. The van der Waals surface area contributed by atoms with Crippen molar-refractivity contribution in [2.24, 2.45) is 5.92 Å². The molecule has 2 heteroatoms. The van der Waals surface area contributed by atoms with Gasteiger partial charge in [-0.05, 0) is 24.5 Å². The molecule has 76 valence electrons. The Balaban J connectivity index is 3.12. The van der Waals surface area contributed by atoms with E-state index >= 15 is 0 Å². The van der Waals surface area contributed by atoms with Crippen LogP contribution in [-0.4, -0.2) is 6.29 Å². The molecule has 1 atom stereocenters. The SMILES string of the molecule is CC(C)C(C)(F)c1cccc(C=O)c1. The lowest BCUT2D eigenvalue weighted by molar-refractivity contribution is 0.112. The van der Waals surface area contributed by atoms with E-state index in [1.165, 1.54) is 0 Å². The zero-order chi connectivity index (χ0) is 10.8. The van der Waals surface area contributed by atoms with Crippen LogP contribution in [0.2, 0.25) is 0 Å². The van der Waals surface area contributed by atoms with Crippen molar-refractivity contribution in [1.29, 1.82) is 0 Å². The normalized spacial score (nSPS) is 15.2. The summed E-state index contributed by atoms with van der Waals surface area (Å²) in [5, 5.41) is 0. The minimum Gasteiger partial charge on any atom is -0.298 e. The maximum absolute atomic E-state index is 14.1.